The van der Waals surface area contributed by atoms with Crippen LogP contribution in [0.4, 0.5) is 4.39 Å². The summed E-state index contributed by atoms with van der Waals surface area (Å²) in [5.41, 5.74) is 0.700. The summed E-state index contributed by atoms with van der Waals surface area (Å²) < 4.78 is 14.9. The highest BCUT2D eigenvalue weighted by Gasteiger charge is 2.10. The molecule has 2 aromatic rings. The van der Waals surface area contributed by atoms with Crippen molar-refractivity contribution in [2.45, 2.75) is 6.54 Å². The minimum atomic E-state index is -0.633. The first-order valence-electron chi connectivity index (χ1n) is 5.03. The number of aryl methyl sites for hydroxylation is 1. The number of rotatable bonds is 3. The van der Waals surface area contributed by atoms with Crippen molar-refractivity contribution in [3.05, 3.63) is 47.8 Å². The zero-order valence-corrected chi connectivity index (χ0v) is 9.22. The summed E-state index contributed by atoms with van der Waals surface area (Å²) in [7, 11) is 1.79. The molecule has 1 N–H and O–H groups in total. The first-order valence-corrected chi connectivity index (χ1v) is 5.03. The Kier molecular flexibility index (Phi) is 3.13. The summed E-state index contributed by atoms with van der Waals surface area (Å²) in [6, 6.07) is 3.12. The molecule has 0 aliphatic carbocycles. The number of pyridine rings is 1. The van der Waals surface area contributed by atoms with Gasteiger partial charge < -0.3 is 5.32 Å². The zero-order valence-electron chi connectivity index (χ0n) is 9.22. The molecular weight excluding hydrogens is 223 g/mol. The first-order chi connectivity index (χ1) is 8.16. The average molecular weight is 234 g/mol. The molecule has 0 bridgehead atoms. The quantitative estimate of drug-likeness (QED) is 0.857. The number of amides is 1. The van der Waals surface area contributed by atoms with Crippen molar-refractivity contribution in [2.24, 2.45) is 7.05 Å². The smallest absolute Gasteiger partial charge is 0.254 e. The van der Waals surface area contributed by atoms with Crippen LogP contribution < -0.4 is 5.32 Å². The number of hydrogen-bond acceptors (Lipinski definition) is 3. The second-order valence-electron chi connectivity index (χ2n) is 3.52. The third kappa shape index (κ3) is 2.66. The molecule has 2 heterocycles. The molecule has 0 aromatic carbocycles. The molecule has 0 saturated heterocycles. The van der Waals surface area contributed by atoms with Gasteiger partial charge in [0.2, 0.25) is 0 Å². The number of hydrogen-bond donors (Lipinski definition) is 1. The Morgan fingerprint density at radius 2 is 2.35 bits per heavy atom. The third-order valence-electron chi connectivity index (χ3n) is 2.22. The van der Waals surface area contributed by atoms with Crippen LogP contribution in [0.5, 0.6) is 0 Å². The Morgan fingerprint density at radius 1 is 1.53 bits per heavy atom. The molecular formula is C11H11FN4O. The van der Waals surface area contributed by atoms with Gasteiger partial charge in [-0.15, -0.1) is 0 Å². The van der Waals surface area contributed by atoms with Crippen molar-refractivity contribution in [3.63, 3.8) is 0 Å². The summed E-state index contributed by atoms with van der Waals surface area (Å²) in [5.74, 6) is -1.11. The number of carbonyl (C=O) groups is 1. The highest BCUT2D eigenvalue weighted by Crippen LogP contribution is 2.04. The monoisotopic (exact) mass is 234 g/mol. The normalized spacial score (nSPS) is 10.2. The molecule has 2 rings (SSSR count). The Hall–Kier alpha value is -2.24. The van der Waals surface area contributed by atoms with Crippen molar-refractivity contribution in [1.29, 1.82) is 0 Å². The van der Waals surface area contributed by atoms with Gasteiger partial charge in [-0.3, -0.25) is 14.5 Å². The largest absolute Gasteiger partial charge is 0.346 e. The molecule has 17 heavy (non-hydrogen) atoms. The number of halogens is 1. The van der Waals surface area contributed by atoms with E-state index < -0.39 is 11.7 Å². The standard InChI is InChI=1S/C11H11FN4O/c1-16-5-3-8(15-16)6-14-11(17)9-2-4-13-7-10(9)12/h2-5,7H,6H2,1H3,(H,14,17). The lowest BCUT2D eigenvalue weighted by atomic mass is 10.2. The van der Waals surface area contributed by atoms with Gasteiger partial charge >= 0.3 is 0 Å². The Morgan fingerprint density at radius 3 is 3.00 bits per heavy atom. The first kappa shape index (κ1) is 11.3. The predicted molar refractivity (Wildman–Crippen MR) is 58.6 cm³/mol. The highest BCUT2D eigenvalue weighted by molar-refractivity contribution is 5.94. The zero-order chi connectivity index (χ0) is 12.3. The van der Waals surface area contributed by atoms with E-state index in [9.17, 15) is 9.18 Å². The molecule has 0 spiro atoms. The van der Waals surface area contributed by atoms with Crippen molar-refractivity contribution in [3.8, 4) is 0 Å². The van der Waals surface area contributed by atoms with Crippen molar-refractivity contribution in [1.82, 2.24) is 20.1 Å². The van der Waals surface area contributed by atoms with Crippen molar-refractivity contribution in [2.75, 3.05) is 0 Å². The van der Waals surface area contributed by atoms with Crippen LogP contribution >= 0.6 is 0 Å². The lowest BCUT2D eigenvalue weighted by Gasteiger charge is -2.03. The van der Waals surface area contributed by atoms with Gasteiger partial charge in [-0.05, 0) is 12.1 Å². The van der Waals surface area contributed by atoms with E-state index in [1.54, 1.807) is 24.0 Å². The fraction of sp³-hybridized carbons (Fsp3) is 0.182. The van der Waals surface area contributed by atoms with Crippen LogP contribution in [0.15, 0.2) is 30.7 Å². The van der Waals surface area contributed by atoms with E-state index in [0.717, 1.165) is 11.9 Å². The lowest BCUT2D eigenvalue weighted by Crippen LogP contribution is -2.24. The number of nitrogens with one attached hydrogen (secondary N) is 1. The van der Waals surface area contributed by atoms with E-state index in [4.69, 9.17) is 0 Å². The van der Waals surface area contributed by atoms with Gasteiger partial charge in [-0.1, -0.05) is 0 Å². The molecule has 6 heteroatoms. The Balaban J connectivity index is 2.01. The van der Waals surface area contributed by atoms with Crippen LogP contribution in [0.1, 0.15) is 16.1 Å². The second kappa shape index (κ2) is 4.73. The van der Waals surface area contributed by atoms with Crippen LogP contribution in [0, 0.1) is 5.82 Å². The van der Waals surface area contributed by atoms with Crippen LogP contribution in [-0.4, -0.2) is 20.7 Å². The third-order valence-corrected chi connectivity index (χ3v) is 2.22. The SMILES string of the molecule is Cn1ccc(CNC(=O)c2ccncc2F)n1. The molecule has 0 radical (unpaired) electrons. The maximum absolute atomic E-state index is 13.2. The van der Waals surface area contributed by atoms with Crippen LogP contribution in [0.25, 0.3) is 0 Å². The maximum Gasteiger partial charge on any atom is 0.254 e. The van der Waals surface area contributed by atoms with E-state index in [1.807, 2.05) is 0 Å². The van der Waals surface area contributed by atoms with Gasteiger partial charge in [0.05, 0.1) is 24.0 Å². The topological polar surface area (TPSA) is 59.8 Å². The molecule has 1 amide bonds. The summed E-state index contributed by atoms with van der Waals surface area (Å²) in [6.07, 6.45) is 4.16. The summed E-state index contributed by atoms with van der Waals surface area (Å²) in [4.78, 5) is 15.2. The predicted octanol–water partition coefficient (Wildman–Crippen LogP) is 0.884. The van der Waals surface area contributed by atoms with E-state index in [0.29, 0.717) is 0 Å². The molecule has 0 saturated carbocycles. The van der Waals surface area contributed by atoms with Crippen LogP contribution in [0.3, 0.4) is 0 Å². The Bertz CT molecular complexity index is 538. The van der Waals surface area contributed by atoms with Gasteiger partial charge in [0.15, 0.2) is 5.82 Å². The van der Waals surface area contributed by atoms with Gasteiger partial charge in [0.25, 0.3) is 5.91 Å². The molecule has 0 aliphatic rings. The van der Waals surface area contributed by atoms with E-state index in [1.165, 1.54) is 12.3 Å². The van der Waals surface area contributed by atoms with Crippen molar-refractivity contribution < 1.29 is 9.18 Å². The number of carbonyl (C=O) groups excluding carboxylic acids is 1. The highest BCUT2D eigenvalue weighted by atomic mass is 19.1. The van der Waals surface area contributed by atoms with Gasteiger partial charge in [0.1, 0.15) is 0 Å². The lowest BCUT2D eigenvalue weighted by molar-refractivity contribution is 0.0946. The average Bonchev–Trinajstić information content (AvgIpc) is 2.73. The van der Waals surface area contributed by atoms with Crippen LogP contribution in [-0.2, 0) is 13.6 Å². The molecule has 0 unspecified atom stereocenters. The fourth-order valence-corrected chi connectivity index (χ4v) is 1.38. The van der Waals surface area contributed by atoms with Gasteiger partial charge in [0, 0.05) is 19.4 Å². The van der Waals surface area contributed by atoms with Crippen LogP contribution in [0.2, 0.25) is 0 Å². The number of nitrogens with zero attached hydrogens (tertiary/aromatic N) is 3. The van der Waals surface area contributed by atoms with Crippen molar-refractivity contribution >= 4 is 5.91 Å². The molecule has 2 aromatic heterocycles. The maximum atomic E-state index is 13.2. The minimum Gasteiger partial charge on any atom is -0.346 e. The summed E-state index contributed by atoms with van der Waals surface area (Å²) >= 11 is 0. The van der Waals surface area contributed by atoms with E-state index in [2.05, 4.69) is 15.4 Å². The molecule has 0 aliphatic heterocycles. The Labute approximate surface area is 97.3 Å². The van der Waals surface area contributed by atoms with E-state index in [-0.39, 0.29) is 12.1 Å². The van der Waals surface area contributed by atoms with E-state index >= 15 is 0 Å². The van der Waals surface area contributed by atoms with Gasteiger partial charge in [-0.2, -0.15) is 5.10 Å². The minimum absolute atomic E-state index is 0.0177. The molecule has 0 fully saturated rings. The molecule has 5 nitrogen and oxygen atoms in total. The summed E-state index contributed by atoms with van der Waals surface area (Å²) in [6.45, 7) is 0.265. The number of aromatic nitrogens is 3. The second-order valence-corrected chi connectivity index (χ2v) is 3.52. The molecule has 0 atom stereocenters. The molecule has 88 valence electrons. The summed E-state index contributed by atoms with van der Waals surface area (Å²) in [5, 5.41) is 6.68. The van der Waals surface area contributed by atoms with Gasteiger partial charge in [-0.25, -0.2) is 4.39 Å². The fourth-order valence-electron chi connectivity index (χ4n) is 1.38.